The van der Waals surface area contributed by atoms with E-state index < -0.39 is 67.4 Å². The second kappa shape index (κ2) is 12.3. The Morgan fingerprint density at radius 1 is 1.20 bits per heavy atom. The molecule has 0 aromatic heterocycles. The van der Waals surface area contributed by atoms with Crippen molar-refractivity contribution in [3.63, 3.8) is 0 Å². The van der Waals surface area contributed by atoms with Crippen LogP contribution in [0.5, 0.6) is 0 Å². The summed E-state index contributed by atoms with van der Waals surface area (Å²) in [4.78, 5) is 60.5. The molecule has 0 radical (unpaired) electrons. The quantitative estimate of drug-likeness (QED) is 0.337. The van der Waals surface area contributed by atoms with Gasteiger partial charge in [-0.3, -0.25) is 24.0 Å². The van der Waals surface area contributed by atoms with Crippen LogP contribution < -0.4 is 10.6 Å². The predicted octanol–water partition coefficient (Wildman–Crippen LogP) is 2.67. The maximum Gasteiger partial charge on any atom is 0.384 e. The molecule has 2 rings (SSSR count). The van der Waals surface area contributed by atoms with E-state index in [9.17, 15) is 29.1 Å². The molecule has 1 heterocycles. The number of benzene rings is 1. The zero-order chi connectivity index (χ0) is 26.3. The minimum Gasteiger partial charge on any atom is -0.534 e. The van der Waals surface area contributed by atoms with Crippen LogP contribution >= 0.6 is 23.2 Å². The molecule has 2 amide bonds. The lowest BCUT2D eigenvalue weighted by atomic mass is 9.53. The van der Waals surface area contributed by atoms with Crippen molar-refractivity contribution in [1.82, 2.24) is 10.6 Å². The number of aliphatic carboxylic acids is 2. The van der Waals surface area contributed by atoms with Gasteiger partial charge in [0.15, 0.2) is 0 Å². The summed E-state index contributed by atoms with van der Waals surface area (Å²) < 4.78 is 5.46. The molecule has 190 valence electrons. The van der Waals surface area contributed by atoms with Gasteiger partial charge < -0.3 is 25.5 Å². The number of carbonyl (C=O) groups excluding carboxylic acids is 3. The topological polar surface area (TPSA) is 159 Å². The zero-order valence-corrected chi connectivity index (χ0v) is 20.8. The Balaban J connectivity index is 2.10. The molecule has 0 spiro atoms. The van der Waals surface area contributed by atoms with E-state index in [0.29, 0.717) is 11.4 Å². The van der Waals surface area contributed by atoms with Gasteiger partial charge in [0, 0.05) is 11.0 Å². The Morgan fingerprint density at radius 3 is 2.49 bits per heavy atom. The highest BCUT2D eigenvalue weighted by Crippen LogP contribution is 2.37. The minimum absolute atomic E-state index is 0.0491. The van der Waals surface area contributed by atoms with Crippen LogP contribution in [0.3, 0.4) is 0 Å². The monoisotopic (exact) mass is 528 g/mol. The van der Waals surface area contributed by atoms with Crippen LogP contribution in [0.25, 0.3) is 0 Å². The lowest BCUT2D eigenvalue weighted by Gasteiger charge is -2.26. The number of rotatable bonds is 10. The van der Waals surface area contributed by atoms with Crippen molar-refractivity contribution in [2.75, 3.05) is 6.54 Å². The average Bonchev–Trinajstić information content (AvgIpc) is 2.91. The summed E-state index contributed by atoms with van der Waals surface area (Å²) in [6.07, 6.45) is -0.961. The maximum atomic E-state index is 12.6. The highest BCUT2D eigenvalue weighted by Gasteiger charge is 2.48. The molecule has 13 heteroatoms. The molecule has 4 N–H and O–H groups in total. The van der Waals surface area contributed by atoms with Gasteiger partial charge in [-0.2, -0.15) is 0 Å². The van der Waals surface area contributed by atoms with Crippen LogP contribution in [0.2, 0.25) is 16.4 Å². The van der Waals surface area contributed by atoms with Gasteiger partial charge in [-0.1, -0.05) is 37.0 Å². The van der Waals surface area contributed by atoms with Crippen molar-refractivity contribution in [3.8, 4) is 0 Å². The summed E-state index contributed by atoms with van der Waals surface area (Å²) in [5.74, 6) is -5.32. The predicted molar refractivity (Wildman–Crippen MR) is 128 cm³/mol. The summed E-state index contributed by atoms with van der Waals surface area (Å²) in [5.41, 5.74) is -1.68. The Morgan fingerprint density at radius 2 is 1.89 bits per heavy atom. The van der Waals surface area contributed by atoms with Crippen LogP contribution in [0.1, 0.15) is 49.9 Å². The summed E-state index contributed by atoms with van der Waals surface area (Å²) in [6, 6.07) is 4.35. The first-order valence-electron chi connectivity index (χ1n) is 11.0. The van der Waals surface area contributed by atoms with E-state index in [-0.39, 0.29) is 29.2 Å². The van der Waals surface area contributed by atoms with Crippen LogP contribution in [0, 0.1) is 11.3 Å². The fourth-order valence-electron chi connectivity index (χ4n) is 4.03. The molecule has 1 aromatic carbocycles. The van der Waals surface area contributed by atoms with E-state index in [0.717, 1.165) is 0 Å². The highest BCUT2D eigenvalue weighted by atomic mass is 35.5. The first kappa shape index (κ1) is 28.5. The van der Waals surface area contributed by atoms with E-state index in [1.807, 2.05) is 13.8 Å². The van der Waals surface area contributed by atoms with Crippen molar-refractivity contribution in [1.29, 1.82) is 0 Å². The first-order valence-corrected chi connectivity index (χ1v) is 11.8. The van der Waals surface area contributed by atoms with Gasteiger partial charge in [0.05, 0.1) is 35.4 Å². The van der Waals surface area contributed by atoms with Crippen molar-refractivity contribution in [3.05, 3.63) is 33.8 Å². The smallest absolute Gasteiger partial charge is 0.384 e. The second-order valence-electron chi connectivity index (χ2n) is 9.01. The normalized spacial score (nSPS) is 18.9. The Bertz CT molecular complexity index is 1010. The number of carboxylic acid groups (broad SMARTS) is 2. The van der Waals surface area contributed by atoms with Crippen molar-refractivity contribution >= 4 is 59.8 Å². The molecular weight excluding hydrogens is 502 g/mol. The summed E-state index contributed by atoms with van der Waals surface area (Å²) in [5, 5.41) is 24.5. The number of nitrogens with one attached hydrogen (secondary N) is 2. The molecule has 1 unspecified atom stereocenters. The molecule has 1 aliphatic heterocycles. The average molecular weight is 529 g/mol. The summed E-state index contributed by atoms with van der Waals surface area (Å²) in [7, 11) is 0. The van der Waals surface area contributed by atoms with Gasteiger partial charge in [-0.15, -0.1) is 0 Å². The van der Waals surface area contributed by atoms with E-state index in [1.54, 1.807) is 0 Å². The van der Waals surface area contributed by atoms with Crippen LogP contribution in [0.4, 0.5) is 0 Å². The molecule has 35 heavy (non-hydrogen) atoms. The third-order valence-electron chi connectivity index (χ3n) is 5.72. The van der Waals surface area contributed by atoms with Gasteiger partial charge >= 0.3 is 18.9 Å². The molecule has 1 aliphatic rings. The zero-order valence-electron chi connectivity index (χ0n) is 19.3. The molecule has 1 aromatic rings. The van der Waals surface area contributed by atoms with Gasteiger partial charge in [0.25, 0.3) is 11.9 Å². The van der Waals surface area contributed by atoms with E-state index in [1.165, 1.54) is 18.2 Å². The van der Waals surface area contributed by atoms with Crippen LogP contribution in [-0.2, 0) is 23.8 Å². The fraction of sp³-hybridized carbons (Fsp3) is 0.500. The minimum atomic E-state index is -1.78. The van der Waals surface area contributed by atoms with Gasteiger partial charge in [0.2, 0.25) is 5.91 Å². The molecular formula is C22H27BCl2N2O8. The number of carbonyl (C=O) groups is 5. The van der Waals surface area contributed by atoms with Gasteiger partial charge in [-0.25, -0.2) is 0 Å². The Kier molecular flexibility index (Phi) is 9.97. The maximum absolute atomic E-state index is 12.6. The molecule has 10 nitrogen and oxygen atoms in total. The largest absolute Gasteiger partial charge is 0.534 e. The molecule has 1 fully saturated rings. The molecule has 1 saturated heterocycles. The number of halogens is 2. The standard InChI is InChI=1S/C22H27BCl2N2O8/c1-12(2)7-16(23-6-5-22(21(33)34,9-18(29)30)10-19(31)35-23)27-17(28)11-26-20(32)14-8-13(24)3-4-15(14)25/h3-4,8,12,16H,5-7,9-11H2,1-2H3,(H,26,32)(H,27,28)(H,29,30)(H,33,34)/t16-,22?/m0/s1. The first-order chi connectivity index (χ1) is 16.3. The summed E-state index contributed by atoms with van der Waals surface area (Å²) in [6.45, 7) is 2.54. The van der Waals surface area contributed by atoms with Gasteiger partial charge in [0.1, 0.15) is 0 Å². The number of carboxylic acids is 2. The van der Waals surface area contributed by atoms with Crippen molar-refractivity contribution < 1.29 is 38.8 Å². The molecule has 0 aliphatic carbocycles. The number of amides is 2. The van der Waals surface area contributed by atoms with Crippen molar-refractivity contribution in [2.24, 2.45) is 11.3 Å². The van der Waals surface area contributed by atoms with E-state index in [2.05, 4.69) is 10.6 Å². The number of hydrogen-bond acceptors (Lipinski definition) is 6. The Labute approximate surface area is 212 Å². The fourth-order valence-corrected chi connectivity index (χ4v) is 4.41. The van der Waals surface area contributed by atoms with Crippen LogP contribution in [-0.4, -0.2) is 59.3 Å². The van der Waals surface area contributed by atoms with E-state index >= 15 is 0 Å². The molecule has 2 atom stereocenters. The lowest BCUT2D eigenvalue weighted by molar-refractivity contribution is -0.159. The third kappa shape index (κ3) is 8.14. The SMILES string of the molecule is CC(C)C[C@H](NC(=O)CNC(=O)c1cc(Cl)ccc1Cl)B1CCC(CC(=O)O)(C(=O)O)CC(=O)O1. The van der Waals surface area contributed by atoms with E-state index in [4.69, 9.17) is 33.0 Å². The van der Waals surface area contributed by atoms with Gasteiger partial charge in [-0.05, 0) is 43.3 Å². The number of hydrogen-bond donors (Lipinski definition) is 4. The third-order valence-corrected chi connectivity index (χ3v) is 6.28. The molecule has 0 bridgehead atoms. The Hall–Kier alpha value is -2.79. The second-order valence-corrected chi connectivity index (χ2v) is 9.85. The highest BCUT2D eigenvalue weighted by molar-refractivity contribution is 6.56. The van der Waals surface area contributed by atoms with Crippen LogP contribution in [0.15, 0.2) is 18.2 Å². The lowest BCUT2D eigenvalue weighted by Crippen LogP contribution is -2.51. The van der Waals surface area contributed by atoms with Crippen molar-refractivity contribution in [2.45, 2.75) is 51.8 Å². The summed E-state index contributed by atoms with van der Waals surface area (Å²) >= 11 is 11.9. The molecule has 0 saturated carbocycles.